The van der Waals surface area contributed by atoms with Gasteiger partial charge in [0.05, 0.1) is 19.3 Å². The van der Waals surface area contributed by atoms with Crippen molar-refractivity contribution in [1.29, 1.82) is 0 Å². The Morgan fingerprint density at radius 1 is 1.43 bits per heavy atom. The highest BCUT2D eigenvalue weighted by Crippen LogP contribution is 2.15. The van der Waals surface area contributed by atoms with Crippen molar-refractivity contribution in [3.05, 3.63) is 29.8 Å². The fraction of sp³-hybridized carbons (Fsp3) is 0.562. The third-order valence-corrected chi connectivity index (χ3v) is 3.58. The molecule has 1 N–H and O–H groups in total. The smallest absolute Gasteiger partial charge is 0.387 e. The number of nitrogens with zero attached hydrogens (tertiary/aromatic N) is 1. The van der Waals surface area contributed by atoms with Gasteiger partial charge in [0, 0.05) is 19.6 Å². The molecule has 0 saturated carbocycles. The van der Waals surface area contributed by atoms with Gasteiger partial charge in [-0.25, -0.2) is 0 Å². The SMILES string of the molecule is C[C@@H]1CN(CC(=O)NCCc2ccc(OC(F)F)cc2)CCO1. The number of hydrogen-bond donors (Lipinski definition) is 1. The summed E-state index contributed by atoms with van der Waals surface area (Å²) in [5, 5.41) is 2.87. The molecule has 1 atom stereocenters. The van der Waals surface area contributed by atoms with E-state index in [4.69, 9.17) is 4.74 Å². The third kappa shape index (κ3) is 6.50. The summed E-state index contributed by atoms with van der Waals surface area (Å²) >= 11 is 0. The zero-order valence-corrected chi connectivity index (χ0v) is 13.1. The molecule has 0 radical (unpaired) electrons. The van der Waals surface area contributed by atoms with Crippen LogP contribution in [0.25, 0.3) is 0 Å². The van der Waals surface area contributed by atoms with Gasteiger partial charge in [0.2, 0.25) is 5.91 Å². The fourth-order valence-electron chi connectivity index (χ4n) is 2.48. The van der Waals surface area contributed by atoms with Crippen LogP contribution in [0.2, 0.25) is 0 Å². The number of carbonyl (C=O) groups is 1. The molecular formula is C16H22F2N2O3. The van der Waals surface area contributed by atoms with E-state index in [9.17, 15) is 13.6 Å². The molecule has 1 amide bonds. The molecule has 1 aliphatic rings. The minimum absolute atomic E-state index is 0.0169. The van der Waals surface area contributed by atoms with E-state index < -0.39 is 6.61 Å². The van der Waals surface area contributed by atoms with Gasteiger partial charge in [-0.05, 0) is 31.0 Å². The first kappa shape index (κ1) is 17.6. The number of morpholine rings is 1. The van der Waals surface area contributed by atoms with Crippen LogP contribution in [0.3, 0.4) is 0 Å². The zero-order chi connectivity index (χ0) is 16.7. The number of hydrogen-bond acceptors (Lipinski definition) is 4. The quantitative estimate of drug-likeness (QED) is 0.827. The van der Waals surface area contributed by atoms with Crippen LogP contribution in [-0.4, -0.2) is 56.3 Å². The van der Waals surface area contributed by atoms with Crippen LogP contribution in [0.5, 0.6) is 5.75 Å². The lowest BCUT2D eigenvalue weighted by Crippen LogP contribution is -2.46. The van der Waals surface area contributed by atoms with Crippen molar-refractivity contribution < 1.29 is 23.0 Å². The Bertz CT molecular complexity index is 497. The summed E-state index contributed by atoms with van der Waals surface area (Å²) < 4.78 is 33.8. The fourth-order valence-corrected chi connectivity index (χ4v) is 2.48. The molecule has 7 heteroatoms. The minimum Gasteiger partial charge on any atom is -0.435 e. The highest BCUT2D eigenvalue weighted by atomic mass is 19.3. The molecule has 128 valence electrons. The molecule has 1 fully saturated rings. The van der Waals surface area contributed by atoms with E-state index in [1.165, 1.54) is 12.1 Å². The van der Waals surface area contributed by atoms with Crippen molar-refractivity contribution in [2.75, 3.05) is 32.8 Å². The Hall–Kier alpha value is -1.73. The van der Waals surface area contributed by atoms with E-state index in [2.05, 4.69) is 15.0 Å². The maximum Gasteiger partial charge on any atom is 0.387 e. The second-order valence-electron chi connectivity index (χ2n) is 5.54. The monoisotopic (exact) mass is 328 g/mol. The average molecular weight is 328 g/mol. The molecule has 1 aromatic rings. The van der Waals surface area contributed by atoms with E-state index >= 15 is 0 Å². The summed E-state index contributed by atoms with van der Waals surface area (Å²) in [5.74, 6) is 0.117. The Morgan fingerprint density at radius 3 is 2.83 bits per heavy atom. The molecule has 0 spiro atoms. The third-order valence-electron chi connectivity index (χ3n) is 3.58. The van der Waals surface area contributed by atoms with Crippen LogP contribution in [0.4, 0.5) is 8.78 Å². The molecule has 1 aliphatic heterocycles. The van der Waals surface area contributed by atoms with Gasteiger partial charge in [-0.2, -0.15) is 8.78 Å². The molecule has 1 saturated heterocycles. The van der Waals surface area contributed by atoms with Gasteiger partial charge >= 0.3 is 6.61 Å². The second-order valence-corrected chi connectivity index (χ2v) is 5.54. The van der Waals surface area contributed by atoms with Gasteiger partial charge in [-0.15, -0.1) is 0 Å². The van der Waals surface area contributed by atoms with E-state index in [1.54, 1.807) is 12.1 Å². The van der Waals surface area contributed by atoms with Gasteiger partial charge in [-0.1, -0.05) is 12.1 Å². The van der Waals surface area contributed by atoms with Crippen LogP contribution < -0.4 is 10.1 Å². The zero-order valence-electron chi connectivity index (χ0n) is 13.1. The van der Waals surface area contributed by atoms with Gasteiger partial charge < -0.3 is 14.8 Å². The van der Waals surface area contributed by atoms with Crippen molar-refractivity contribution in [2.24, 2.45) is 0 Å². The molecule has 23 heavy (non-hydrogen) atoms. The molecule has 0 unspecified atom stereocenters. The summed E-state index contributed by atoms with van der Waals surface area (Å²) in [5.41, 5.74) is 0.951. The number of amides is 1. The van der Waals surface area contributed by atoms with Gasteiger partial charge in [-0.3, -0.25) is 9.69 Å². The van der Waals surface area contributed by atoms with E-state index in [0.29, 0.717) is 26.1 Å². The Morgan fingerprint density at radius 2 is 2.17 bits per heavy atom. The first-order valence-electron chi connectivity index (χ1n) is 7.67. The summed E-state index contributed by atoms with van der Waals surface area (Å²) in [7, 11) is 0. The van der Waals surface area contributed by atoms with Crippen LogP contribution in [0.15, 0.2) is 24.3 Å². The van der Waals surface area contributed by atoms with Gasteiger partial charge in [0.15, 0.2) is 0 Å². The topological polar surface area (TPSA) is 50.8 Å². The van der Waals surface area contributed by atoms with Gasteiger partial charge in [0.25, 0.3) is 0 Å². The molecule has 5 nitrogen and oxygen atoms in total. The molecule has 0 aromatic heterocycles. The largest absolute Gasteiger partial charge is 0.435 e. The van der Waals surface area contributed by atoms with Crippen LogP contribution in [0, 0.1) is 0 Å². The Balaban J connectivity index is 1.66. The van der Waals surface area contributed by atoms with Gasteiger partial charge in [0.1, 0.15) is 5.75 Å². The maximum atomic E-state index is 12.0. The second kappa shape index (κ2) is 8.79. The summed E-state index contributed by atoms with van der Waals surface area (Å²) in [6, 6.07) is 6.43. The molecule has 0 bridgehead atoms. The predicted molar refractivity (Wildman–Crippen MR) is 81.6 cm³/mol. The predicted octanol–water partition coefficient (Wildman–Crippen LogP) is 1.67. The maximum absolute atomic E-state index is 12.0. The van der Waals surface area contributed by atoms with E-state index in [0.717, 1.165) is 18.7 Å². The number of rotatable bonds is 7. The number of nitrogens with one attached hydrogen (secondary N) is 1. The number of ether oxygens (including phenoxy) is 2. The lowest BCUT2D eigenvalue weighted by Gasteiger charge is -2.30. The normalized spacial score (nSPS) is 18.9. The number of halogens is 2. The van der Waals surface area contributed by atoms with Crippen molar-refractivity contribution >= 4 is 5.91 Å². The summed E-state index contributed by atoms with van der Waals surface area (Å²) in [4.78, 5) is 14.0. The molecule has 2 rings (SSSR count). The van der Waals surface area contributed by atoms with Crippen LogP contribution in [0.1, 0.15) is 12.5 Å². The Labute approximate surface area is 134 Å². The average Bonchev–Trinajstić information content (AvgIpc) is 2.48. The lowest BCUT2D eigenvalue weighted by molar-refractivity contribution is -0.124. The lowest BCUT2D eigenvalue weighted by atomic mass is 10.1. The van der Waals surface area contributed by atoms with Crippen LogP contribution >= 0.6 is 0 Å². The standard InChI is InChI=1S/C16H22F2N2O3/c1-12-10-20(8-9-22-12)11-15(21)19-7-6-13-2-4-14(5-3-13)23-16(17)18/h2-5,12,16H,6-11H2,1H3,(H,19,21)/t12-/m1/s1. The van der Waals surface area contributed by atoms with Crippen molar-refractivity contribution in [3.8, 4) is 5.75 Å². The minimum atomic E-state index is -2.82. The number of benzene rings is 1. The number of carbonyl (C=O) groups excluding carboxylic acids is 1. The first-order chi connectivity index (χ1) is 11.0. The highest BCUT2D eigenvalue weighted by Gasteiger charge is 2.18. The molecule has 1 aromatic carbocycles. The van der Waals surface area contributed by atoms with Crippen molar-refractivity contribution in [3.63, 3.8) is 0 Å². The van der Waals surface area contributed by atoms with Crippen LogP contribution in [-0.2, 0) is 16.0 Å². The summed E-state index contributed by atoms with van der Waals surface area (Å²) in [6.07, 6.45) is 0.797. The molecule has 1 heterocycles. The van der Waals surface area contributed by atoms with E-state index in [1.807, 2.05) is 6.92 Å². The van der Waals surface area contributed by atoms with E-state index in [-0.39, 0.29) is 17.8 Å². The van der Waals surface area contributed by atoms with Crippen molar-refractivity contribution in [2.45, 2.75) is 26.1 Å². The van der Waals surface area contributed by atoms with Crippen molar-refractivity contribution in [1.82, 2.24) is 10.2 Å². The first-order valence-corrected chi connectivity index (χ1v) is 7.67. The summed E-state index contributed by atoms with van der Waals surface area (Å²) in [6.45, 7) is 2.24. The Kier molecular flexibility index (Phi) is 6.73. The molecule has 0 aliphatic carbocycles. The molecular weight excluding hydrogens is 306 g/mol. The highest BCUT2D eigenvalue weighted by molar-refractivity contribution is 5.78. The number of alkyl halides is 2.